The number of aryl methyl sites for hydroxylation is 2. The average Bonchev–Trinajstić information content (AvgIpc) is 2.45. The molecule has 1 saturated heterocycles. The molecule has 106 valence electrons. The molecular weight excluding hydrogens is 236 g/mol. The van der Waals surface area contributed by atoms with E-state index in [0.29, 0.717) is 0 Å². The summed E-state index contributed by atoms with van der Waals surface area (Å²) >= 11 is 0. The Kier molecular flexibility index (Phi) is 3.48. The number of rotatable bonds is 2. The van der Waals surface area contributed by atoms with Gasteiger partial charge in [-0.1, -0.05) is 6.07 Å². The smallest absolute Gasteiger partial charge is 0.0681 e. The van der Waals surface area contributed by atoms with Crippen LogP contribution in [0, 0.1) is 19.8 Å². The van der Waals surface area contributed by atoms with Gasteiger partial charge in [0.2, 0.25) is 0 Å². The third-order valence-electron chi connectivity index (χ3n) is 4.15. The molecule has 1 fully saturated rings. The van der Waals surface area contributed by atoms with Gasteiger partial charge in [0, 0.05) is 12.1 Å². The Labute approximate surface area is 116 Å². The second-order valence-corrected chi connectivity index (χ2v) is 7.02. The minimum atomic E-state index is -0.206. The standard InChI is InChI=1S/C16H26N2O/c1-10-7-11(2)14(18-9-10)13(17)12-8-15(3,4)19-16(12,5)6/h7,9,12-13H,8,17H2,1-6H3. The van der Waals surface area contributed by atoms with Crippen molar-refractivity contribution < 1.29 is 4.74 Å². The van der Waals surface area contributed by atoms with Crippen LogP contribution in [-0.2, 0) is 4.74 Å². The van der Waals surface area contributed by atoms with Crippen molar-refractivity contribution in [2.75, 3.05) is 0 Å². The molecule has 1 aromatic rings. The molecule has 2 heterocycles. The lowest BCUT2D eigenvalue weighted by atomic mass is 9.80. The van der Waals surface area contributed by atoms with Gasteiger partial charge in [0.25, 0.3) is 0 Å². The van der Waals surface area contributed by atoms with E-state index in [1.807, 2.05) is 6.20 Å². The van der Waals surface area contributed by atoms with Crippen LogP contribution in [0.25, 0.3) is 0 Å². The van der Waals surface area contributed by atoms with E-state index in [0.717, 1.165) is 12.1 Å². The first-order chi connectivity index (χ1) is 8.62. The molecule has 0 spiro atoms. The van der Waals surface area contributed by atoms with Gasteiger partial charge in [0.15, 0.2) is 0 Å². The van der Waals surface area contributed by atoms with E-state index in [-0.39, 0.29) is 23.2 Å². The third-order valence-corrected chi connectivity index (χ3v) is 4.15. The predicted molar refractivity (Wildman–Crippen MR) is 78.0 cm³/mol. The van der Waals surface area contributed by atoms with Crippen molar-refractivity contribution in [2.24, 2.45) is 11.7 Å². The topological polar surface area (TPSA) is 48.1 Å². The zero-order valence-electron chi connectivity index (χ0n) is 12.9. The highest BCUT2D eigenvalue weighted by Gasteiger charge is 2.48. The van der Waals surface area contributed by atoms with Crippen molar-refractivity contribution in [1.82, 2.24) is 4.98 Å². The molecule has 2 unspecified atom stereocenters. The molecule has 0 amide bonds. The molecule has 0 aromatic carbocycles. The number of ether oxygens (including phenoxy) is 1. The minimum Gasteiger partial charge on any atom is -0.369 e. The summed E-state index contributed by atoms with van der Waals surface area (Å²) in [6.07, 6.45) is 2.87. The Hall–Kier alpha value is -0.930. The maximum absolute atomic E-state index is 6.51. The monoisotopic (exact) mass is 262 g/mol. The molecule has 0 saturated carbocycles. The fourth-order valence-electron chi connectivity index (χ4n) is 3.43. The molecule has 2 rings (SSSR count). The summed E-state index contributed by atoms with van der Waals surface area (Å²) in [5.41, 5.74) is 9.55. The van der Waals surface area contributed by atoms with Crippen molar-refractivity contribution >= 4 is 0 Å². The van der Waals surface area contributed by atoms with Crippen LogP contribution in [0.1, 0.15) is 57.0 Å². The second-order valence-electron chi connectivity index (χ2n) is 7.02. The lowest BCUT2D eigenvalue weighted by molar-refractivity contribution is -0.0768. The summed E-state index contributed by atoms with van der Waals surface area (Å²) in [7, 11) is 0. The first-order valence-electron chi connectivity index (χ1n) is 7.01. The Bertz CT molecular complexity index is 480. The summed E-state index contributed by atoms with van der Waals surface area (Å²) < 4.78 is 6.15. The summed E-state index contributed by atoms with van der Waals surface area (Å²) in [5, 5.41) is 0. The average molecular weight is 262 g/mol. The van der Waals surface area contributed by atoms with Crippen LogP contribution in [0.15, 0.2) is 12.3 Å². The summed E-state index contributed by atoms with van der Waals surface area (Å²) in [6, 6.07) is 2.08. The van der Waals surface area contributed by atoms with Gasteiger partial charge in [-0.25, -0.2) is 0 Å². The highest BCUT2D eigenvalue weighted by molar-refractivity contribution is 5.26. The van der Waals surface area contributed by atoms with Crippen LogP contribution in [0.2, 0.25) is 0 Å². The van der Waals surface area contributed by atoms with Crippen LogP contribution >= 0.6 is 0 Å². The van der Waals surface area contributed by atoms with E-state index in [2.05, 4.69) is 52.6 Å². The Morgan fingerprint density at radius 1 is 1.32 bits per heavy atom. The molecule has 3 heteroatoms. The zero-order chi connectivity index (χ0) is 14.4. The van der Waals surface area contributed by atoms with Crippen molar-refractivity contribution in [3.05, 3.63) is 29.1 Å². The van der Waals surface area contributed by atoms with Gasteiger partial charge in [0.1, 0.15) is 0 Å². The molecule has 1 aromatic heterocycles. The number of nitrogens with zero attached hydrogens (tertiary/aromatic N) is 1. The molecule has 3 nitrogen and oxygen atoms in total. The van der Waals surface area contributed by atoms with Gasteiger partial charge in [-0.05, 0) is 59.1 Å². The van der Waals surface area contributed by atoms with E-state index in [4.69, 9.17) is 10.5 Å². The number of hydrogen-bond acceptors (Lipinski definition) is 3. The summed E-state index contributed by atoms with van der Waals surface area (Å²) in [5.74, 6) is 0.288. The van der Waals surface area contributed by atoms with Crippen LogP contribution in [0.4, 0.5) is 0 Å². The molecule has 0 bridgehead atoms. The zero-order valence-corrected chi connectivity index (χ0v) is 12.9. The Morgan fingerprint density at radius 3 is 2.42 bits per heavy atom. The van der Waals surface area contributed by atoms with E-state index in [1.54, 1.807) is 0 Å². The molecule has 0 radical (unpaired) electrons. The van der Waals surface area contributed by atoms with E-state index < -0.39 is 0 Å². The SMILES string of the molecule is Cc1cnc(C(N)C2CC(C)(C)OC2(C)C)c(C)c1. The molecule has 2 atom stereocenters. The molecule has 1 aliphatic rings. The van der Waals surface area contributed by atoms with E-state index in [9.17, 15) is 0 Å². The van der Waals surface area contributed by atoms with Crippen LogP contribution < -0.4 is 5.73 Å². The predicted octanol–water partition coefficient (Wildman–Crippen LogP) is 3.29. The molecule has 2 N–H and O–H groups in total. The van der Waals surface area contributed by atoms with Crippen LogP contribution in [0.3, 0.4) is 0 Å². The molecule has 0 aliphatic carbocycles. The van der Waals surface area contributed by atoms with Crippen molar-refractivity contribution in [3.8, 4) is 0 Å². The maximum Gasteiger partial charge on any atom is 0.0681 e. The largest absolute Gasteiger partial charge is 0.369 e. The normalized spacial score (nSPS) is 26.4. The van der Waals surface area contributed by atoms with Crippen molar-refractivity contribution in [1.29, 1.82) is 0 Å². The second kappa shape index (κ2) is 4.57. The van der Waals surface area contributed by atoms with Gasteiger partial charge in [-0.2, -0.15) is 0 Å². The third kappa shape index (κ3) is 2.82. The molecular formula is C16H26N2O. The quantitative estimate of drug-likeness (QED) is 0.889. The van der Waals surface area contributed by atoms with Gasteiger partial charge < -0.3 is 10.5 Å². The highest BCUT2D eigenvalue weighted by atomic mass is 16.5. The summed E-state index contributed by atoms with van der Waals surface area (Å²) in [6.45, 7) is 12.7. The van der Waals surface area contributed by atoms with Crippen LogP contribution in [-0.4, -0.2) is 16.2 Å². The number of aromatic nitrogens is 1. The van der Waals surface area contributed by atoms with E-state index in [1.165, 1.54) is 11.1 Å². The molecule has 19 heavy (non-hydrogen) atoms. The van der Waals surface area contributed by atoms with Gasteiger partial charge >= 0.3 is 0 Å². The van der Waals surface area contributed by atoms with Gasteiger partial charge in [-0.15, -0.1) is 0 Å². The van der Waals surface area contributed by atoms with Gasteiger partial charge in [-0.3, -0.25) is 4.98 Å². The van der Waals surface area contributed by atoms with Crippen molar-refractivity contribution in [2.45, 2.75) is 65.2 Å². The van der Waals surface area contributed by atoms with E-state index >= 15 is 0 Å². The lowest BCUT2D eigenvalue weighted by Gasteiger charge is -2.31. The fraction of sp³-hybridized carbons (Fsp3) is 0.688. The highest BCUT2D eigenvalue weighted by Crippen LogP contribution is 2.46. The first kappa shape index (κ1) is 14.5. The Morgan fingerprint density at radius 2 is 1.95 bits per heavy atom. The molecule has 1 aliphatic heterocycles. The minimum absolute atomic E-state index is 0.0719. The number of hydrogen-bond donors (Lipinski definition) is 1. The fourth-order valence-corrected chi connectivity index (χ4v) is 3.43. The first-order valence-corrected chi connectivity index (χ1v) is 7.01. The number of pyridine rings is 1. The van der Waals surface area contributed by atoms with Gasteiger partial charge in [0.05, 0.1) is 22.9 Å². The van der Waals surface area contributed by atoms with Crippen molar-refractivity contribution in [3.63, 3.8) is 0 Å². The summed E-state index contributed by atoms with van der Waals surface area (Å²) in [4.78, 5) is 4.56. The lowest BCUT2D eigenvalue weighted by Crippen LogP contribution is -2.36. The maximum atomic E-state index is 6.51. The number of nitrogens with two attached hydrogens (primary N) is 1. The van der Waals surface area contributed by atoms with Crippen LogP contribution in [0.5, 0.6) is 0 Å². The Balaban J connectivity index is 2.31.